The van der Waals surface area contributed by atoms with E-state index in [2.05, 4.69) is 25.7 Å². The molecule has 0 aromatic carbocycles. The normalized spacial score (nSPS) is 11.5. The molecule has 0 aromatic rings. The SMILES string of the molecule is C=C/C=C/[C]=C/CCCCCCCCC. The van der Waals surface area contributed by atoms with E-state index in [0.717, 1.165) is 6.42 Å². The number of unbranched alkanes of at least 4 members (excludes halogenated alkanes) is 7. The van der Waals surface area contributed by atoms with Crippen LogP contribution in [-0.2, 0) is 0 Å². The lowest BCUT2D eigenvalue weighted by atomic mass is 10.1. The molecular formula is C15H25. The molecule has 0 aliphatic carbocycles. The fourth-order valence-corrected chi connectivity index (χ4v) is 1.48. The highest BCUT2D eigenvalue weighted by Gasteiger charge is 1.88. The number of rotatable bonds is 10. The Morgan fingerprint density at radius 2 is 1.67 bits per heavy atom. The van der Waals surface area contributed by atoms with Gasteiger partial charge < -0.3 is 0 Å². The summed E-state index contributed by atoms with van der Waals surface area (Å²) in [5, 5.41) is 0. The van der Waals surface area contributed by atoms with Crippen LogP contribution in [0, 0.1) is 6.08 Å². The molecule has 0 aliphatic rings. The first-order valence-corrected chi connectivity index (χ1v) is 6.27. The minimum Gasteiger partial charge on any atom is -0.0991 e. The van der Waals surface area contributed by atoms with Gasteiger partial charge in [0.1, 0.15) is 0 Å². The van der Waals surface area contributed by atoms with Crippen molar-refractivity contribution in [3.63, 3.8) is 0 Å². The Morgan fingerprint density at radius 1 is 1.00 bits per heavy atom. The van der Waals surface area contributed by atoms with Crippen molar-refractivity contribution in [2.75, 3.05) is 0 Å². The average Bonchev–Trinajstić information content (AvgIpc) is 2.26. The third-order valence-corrected chi connectivity index (χ3v) is 2.40. The van der Waals surface area contributed by atoms with Crippen LogP contribution in [0.5, 0.6) is 0 Å². The van der Waals surface area contributed by atoms with Crippen LogP contribution >= 0.6 is 0 Å². The van der Waals surface area contributed by atoms with Crippen LogP contribution < -0.4 is 0 Å². The minimum absolute atomic E-state index is 1.16. The minimum atomic E-state index is 1.16. The van der Waals surface area contributed by atoms with Gasteiger partial charge in [-0.15, -0.1) is 0 Å². The molecule has 0 heterocycles. The maximum absolute atomic E-state index is 3.60. The molecule has 15 heavy (non-hydrogen) atoms. The molecule has 0 fully saturated rings. The van der Waals surface area contributed by atoms with Crippen molar-refractivity contribution in [3.05, 3.63) is 37.0 Å². The fraction of sp³-hybridized carbons (Fsp3) is 0.600. The fourth-order valence-electron chi connectivity index (χ4n) is 1.48. The monoisotopic (exact) mass is 205 g/mol. The van der Waals surface area contributed by atoms with Gasteiger partial charge in [0, 0.05) is 0 Å². The van der Waals surface area contributed by atoms with Gasteiger partial charge in [-0.1, -0.05) is 76.3 Å². The lowest BCUT2D eigenvalue weighted by Crippen LogP contribution is -1.78. The molecule has 0 N–H and O–H groups in total. The Morgan fingerprint density at radius 3 is 2.33 bits per heavy atom. The molecule has 85 valence electrons. The maximum atomic E-state index is 3.60. The van der Waals surface area contributed by atoms with E-state index < -0.39 is 0 Å². The van der Waals surface area contributed by atoms with E-state index >= 15 is 0 Å². The molecule has 0 saturated carbocycles. The highest BCUT2D eigenvalue weighted by atomic mass is 13.9. The second-order valence-electron chi connectivity index (χ2n) is 3.88. The molecule has 0 atom stereocenters. The number of hydrogen-bond donors (Lipinski definition) is 0. The van der Waals surface area contributed by atoms with E-state index in [4.69, 9.17) is 0 Å². The molecule has 0 saturated heterocycles. The van der Waals surface area contributed by atoms with Gasteiger partial charge >= 0.3 is 0 Å². The summed E-state index contributed by atoms with van der Waals surface area (Å²) in [4.78, 5) is 0. The predicted molar refractivity (Wildman–Crippen MR) is 69.8 cm³/mol. The molecule has 0 aromatic heterocycles. The Bertz CT molecular complexity index is 174. The number of hydrogen-bond acceptors (Lipinski definition) is 0. The second-order valence-corrected chi connectivity index (χ2v) is 3.88. The predicted octanol–water partition coefficient (Wildman–Crippen LogP) is 5.23. The Balaban J connectivity index is 3.07. The first kappa shape index (κ1) is 14.2. The third kappa shape index (κ3) is 13.2. The largest absolute Gasteiger partial charge is 0.0991 e. The van der Waals surface area contributed by atoms with Crippen LogP contribution in [0.4, 0.5) is 0 Å². The maximum Gasteiger partial charge on any atom is -0.0227 e. The molecule has 0 heteroatoms. The van der Waals surface area contributed by atoms with Gasteiger partial charge in [-0.2, -0.15) is 0 Å². The lowest BCUT2D eigenvalue weighted by Gasteiger charge is -1.98. The first-order valence-electron chi connectivity index (χ1n) is 6.27. The molecule has 0 amide bonds. The molecule has 0 rings (SSSR count). The van der Waals surface area contributed by atoms with Gasteiger partial charge in [0.2, 0.25) is 0 Å². The van der Waals surface area contributed by atoms with Gasteiger partial charge in [-0.05, 0) is 18.9 Å². The molecule has 0 bridgehead atoms. The van der Waals surface area contributed by atoms with Crippen molar-refractivity contribution in [2.24, 2.45) is 0 Å². The molecule has 0 spiro atoms. The van der Waals surface area contributed by atoms with E-state index in [1.807, 2.05) is 12.2 Å². The Hall–Kier alpha value is -0.780. The lowest BCUT2D eigenvalue weighted by molar-refractivity contribution is 0.592. The van der Waals surface area contributed by atoms with Crippen molar-refractivity contribution in [1.82, 2.24) is 0 Å². The summed E-state index contributed by atoms with van der Waals surface area (Å²) >= 11 is 0. The summed E-state index contributed by atoms with van der Waals surface area (Å²) in [6.07, 6.45) is 21.6. The van der Waals surface area contributed by atoms with Crippen molar-refractivity contribution >= 4 is 0 Å². The summed E-state index contributed by atoms with van der Waals surface area (Å²) in [6, 6.07) is 0. The van der Waals surface area contributed by atoms with E-state index in [1.54, 1.807) is 6.08 Å². The summed E-state index contributed by atoms with van der Waals surface area (Å²) in [6.45, 7) is 5.86. The van der Waals surface area contributed by atoms with Crippen LogP contribution in [-0.4, -0.2) is 0 Å². The molecule has 1 radical (unpaired) electrons. The van der Waals surface area contributed by atoms with Gasteiger partial charge in [-0.25, -0.2) is 0 Å². The molecule has 0 aliphatic heterocycles. The summed E-state index contributed by atoms with van der Waals surface area (Å²) in [7, 11) is 0. The van der Waals surface area contributed by atoms with Crippen LogP contribution in [0.1, 0.15) is 58.3 Å². The topological polar surface area (TPSA) is 0 Å². The third-order valence-electron chi connectivity index (χ3n) is 2.40. The second kappa shape index (κ2) is 13.2. The van der Waals surface area contributed by atoms with Crippen LogP contribution in [0.3, 0.4) is 0 Å². The Kier molecular flexibility index (Phi) is 12.5. The van der Waals surface area contributed by atoms with E-state index in [0.29, 0.717) is 0 Å². The van der Waals surface area contributed by atoms with Crippen LogP contribution in [0.25, 0.3) is 0 Å². The van der Waals surface area contributed by atoms with Gasteiger partial charge in [0.05, 0.1) is 0 Å². The smallest absolute Gasteiger partial charge is 0.0227 e. The zero-order valence-corrected chi connectivity index (χ0v) is 10.2. The van der Waals surface area contributed by atoms with Crippen LogP contribution in [0.15, 0.2) is 30.9 Å². The van der Waals surface area contributed by atoms with Crippen molar-refractivity contribution in [3.8, 4) is 0 Å². The standard InChI is InChI=1S/C15H25/c1-3-5-7-9-11-13-15-14-12-10-8-6-4-2/h3,5,7,11H,1,4,6,8,10,12-15H2,2H3/b7-5+,11-9?. The van der Waals surface area contributed by atoms with Gasteiger partial charge in [-0.3, -0.25) is 0 Å². The zero-order chi connectivity index (χ0) is 11.2. The Labute approximate surface area is 95.8 Å². The van der Waals surface area contributed by atoms with E-state index in [-0.39, 0.29) is 0 Å². The van der Waals surface area contributed by atoms with E-state index in [1.165, 1.54) is 44.9 Å². The molecular weight excluding hydrogens is 180 g/mol. The molecule has 0 nitrogen and oxygen atoms in total. The summed E-state index contributed by atoms with van der Waals surface area (Å²) in [5.74, 6) is 0. The quantitative estimate of drug-likeness (QED) is 0.338. The first-order chi connectivity index (χ1) is 7.41. The summed E-state index contributed by atoms with van der Waals surface area (Å²) < 4.78 is 0. The van der Waals surface area contributed by atoms with Crippen LogP contribution in [0.2, 0.25) is 0 Å². The van der Waals surface area contributed by atoms with E-state index in [9.17, 15) is 0 Å². The average molecular weight is 205 g/mol. The molecule has 0 unspecified atom stereocenters. The highest BCUT2D eigenvalue weighted by Crippen LogP contribution is 2.08. The van der Waals surface area contributed by atoms with Crippen molar-refractivity contribution < 1.29 is 0 Å². The van der Waals surface area contributed by atoms with Crippen molar-refractivity contribution in [2.45, 2.75) is 58.3 Å². The van der Waals surface area contributed by atoms with Crippen molar-refractivity contribution in [1.29, 1.82) is 0 Å². The van der Waals surface area contributed by atoms with Gasteiger partial charge in [0.15, 0.2) is 0 Å². The van der Waals surface area contributed by atoms with Gasteiger partial charge in [0.25, 0.3) is 0 Å². The highest BCUT2D eigenvalue weighted by molar-refractivity contribution is 5.03. The summed E-state index contributed by atoms with van der Waals surface area (Å²) in [5.41, 5.74) is 0. The number of allylic oxidation sites excluding steroid dienone is 5. The zero-order valence-electron chi connectivity index (χ0n) is 10.2.